The van der Waals surface area contributed by atoms with Gasteiger partial charge in [-0.2, -0.15) is 0 Å². The van der Waals surface area contributed by atoms with Crippen molar-refractivity contribution >= 4 is 29.2 Å². The zero-order valence-corrected chi connectivity index (χ0v) is 14.1. The molecule has 7 heteroatoms. The predicted molar refractivity (Wildman–Crippen MR) is 93.3 cm³/mol. The van der Waals surface area contributed by atoms with Gasteiger partial charge in [-0.3, -0.25) is 9.59 Å². The highest BCUT2D eigenvalue weighted by molar-refractivity contribution is 6.03. The minimum Gasteiger partial charge on any atom is -0.465 e. The van der Waals surface area contributed by atoms with E-state index in [0.717, 1.165) is 0 Å². The van der Waals surface area contributed by atoms with Gasteiger partial charge in [0.25, 0.3) is 0 Å². The Bertz CT molecular complexity index is 851. The average molecular weight is 356 g/mol. The topological polar surface area (TPSA) is 75.7 Å². The van der Waals surface area contributed by atoms with Crippen molar-refractivity contribution in [3.63, 3.8) is 0 Å². The smallest absolute Gasteiger partial charge is 0.337 e. The van der Waals surface area contributed by atoms with Crippen LogP contribution in [0.25, 0.3) is 0 Å². The monoisotopic (exact) mass is 356 g/mol. The van der Waals surface area contributed by atoms with Crippen LogP contribution < -0.4 is 10.2 Å². The number of carbonyl (C=O) groups excluding carboxylic acids is 3. The van der Waals surface area contributed by atoms with Crippen molar-refractivity contribution in [1.82, 2.24) is 0 Å². The molecule has 26 heavy (non-hydrogen) atoms. The Hall–Kier alpha value is -3.22. The fourth-order valence-corrected chi connectivity index (χ4v) is 2.84. The van der Waals surface area contributed by atoms with Crippen LogP contribution in [0.1, 0.15) is 16.8 Å². The summed E-state index contributed by atoms with van der Waals surface area (Å²) in [6, 6.07) is 12.0. The fraction of sp³-hybridized carbons (Fsp3) is 0.211. The van der Waals surface area contributed by atoms with Crippen molar-refractivity contribution in [3.05, 3.63) is 59.9 Å². The van der Waals surface area contributed by atoms with Gasteiger partial charge in [0, 0.05) is 24.3 Å². The number of ether oxygens (including phenoxy) is 1. The summed E-state index contributed by atoms with van der Waals surface area (Å²) in [6.07, 6.45) is 0.0693. The first-order chi connectivity index (χ1) is 12.5. The Labute approximate surface area is 149 Å². The minimum absolute atomic E-state index is 0.0693. The lowest BCUT2D eigenvalue weighted by molar-refractivity contribution is -0.122. The van der Waals surface area contributed by atoms with Crippen molar-refractivity contribution < 1.29 is 23.5 Å². The third-order valence-electron chi connectivity index (χ3n) is 4.19. The van der Waals surface area contributed by atoms with Crippen LogP contribution in [0.15, 0.2) is 48.5 Å². The van der Waals surface area contributed by atoms with Gasteiger partial charge < -0.3 is 15.0 Å². The number of anilines is 2. The molecule has 2 aromatic rings. The van der Waals surface area contributed by atoms with Crippen molar-refractivity contribution in [3.8, 4) is 0 Å². The summed E-state index contributed by atoms with van der Waals surface area (Å²) in [6.45, 7) is 0.220. The van der Waals surface area contributed by atoms with Crippen LogP contribution in [0.5, 0.6) is 0 Å². The van der Waals surface area contributed by atoms with Crippen LogP contribution in [0.3, 0.4) is 0 Å². The Balaban J connectivity index is 1.68. The van der Waals surface area contributed by atoms with Crippen molar-refractivity contribution in [2.75, 3.05) is 23.9 Å². The number of hydrogen-bond donors (Lipinski definition) is 1. The zero-order valence-electron chi connectivity index (χ0n) is 14.1. The Morgan fingerprint density at radius 3 is 2.58 bits per heavy atom. The Morgan fingerprint density at radius 2 is 1.92 bits per heavy atom. The number of rotatable bonds is 4. The molecule has 6 nitrogen and oxygen atoms in total. The normalized spacial score (nSPS) is 16.5. The molecule has 2 amide bonds. The quantitative estimate of drug-likeness (QED) is 0.855. The fourth-order valence-electron chi connectivity index (χ4n) is 2.84. The van der Waals surface area contributed by atoms with Crippen molar-refractivity contribution in [2.45, 2.75) is 6.42 Å². The second-order valence-corrected chi connectivity index (χ2v) is 5.94. The summed E-state index contributed by atoms with van der Waals surface area (Å²) in [7, 11) is 1.29. The van der Waals surface area contributed by atoms with E-state index in [1.807, 2.05) is 0 Å². The van der Waals surface area contributed by atoms with Gasteiger partial charge in [-0.25, -0.2) is 9.18 Å². The van der Waals surface area contributed by atoms with E-state index < -0.39 is 17.7 Å². The van der Waals surface area contributed by atoms with E-state index in [1.54, 1.807) is 30.3 Å². The summed E-state index contributed by atoms with van der Waals surface area (Å²) >= 11 is 0. The predicted octanol–water partition coefficient (Wildman–Crippen LogP) is 2.60. The summed E-state index contributed by atoms with van der Waals surface area (Å²) < 4.78 is 17.8. The van der Waals surface area contributed by atoms with Gasteiger partial charge >= 0.3 is 5.97 Å². The molecule has 134 valence electrons. The van der Waals surface area contributed by atoms with E-state index in [4.69, 9.17) is 0 Å². The molecule has 2 aromatic carbocycles. The number of nitrogens with zero attached hydrogens (tertiary/aromatic N) is 1. The van der Waals surface area contributed by atoms with E-state index in [1.165, 1.54) is 30.2 Å². The first-order valence-electron chi connectivity index (χ1n) is 8.03. The van der Waals surface area contributed by atoms with Gasteiger partial charge in [-0.05, 0) is 42.5 Å². The largest absolute Gasteiger partial charge is 0.465 e. The second kappa shape index (κ2) is 7.35. The number of methoxy groups -OCH3 is 1. The maximum atomic E-state index is 13.2. The molecule has 0 aromatic heterocycles. The first kappa shape index (κ1) is 17.6. The van der Waals surface area contributed by atoms with Crippen LogP contribution in [0, 0.1) is 11.7 Å². The molecule has 0 spiro atoms. The number of esters is 1. The number of carbonyl (C=O) groups is 3. The summed E-state index contributed by atoms with van der Waals surface area (Å²) in [5, 5.41) is 2.63. The molecule has 1 N–H and O–H groups in total. The van der Waals surface area contributed by atoms with Gasteiger partial charge in [0.15, 0.2) is 0 Å². The van der Waals surface area contributed by atoms with E-state index in [9.17, 15) is 18.8 Å². The SMILES string of the molecule is COC(=O)c1ccc(N2CC(C(=O)Nc3cccc(F)c3)CC2=O)cc1. The molecule has 1 atom stereocenters. The van der Waals surface area contributed by atoms with Crippen LogP contribution in [0.2, 0.25) is 0 Å². The molecule has 0 aliphatic carbocycles. The molecule has 1 saturated heterocycles. The molecule has 0 radical (unpaired) electrons. The third-order valence-corrected chi connectivity index (χ3v) is 4.19. The van der Waals surface area contributed by atoms with E-state index in [2.05, 4.69) is 10.1 Å². The van der Waals surface area contributed by atoms with E-state index in [-0.39, 0.29) is 24.8 Å². The van der Waals surface area contributed by atoms with Crippen molar-refractivity contribution in [2.24, 2.45) is 5.92 Å². The van der Waals surface area contributed by atoms with Crippen LogP contribution in [-0.4, -0.2) is 31.4 Å². The molecule has 1 heterocycles. The Kier molecular flexibility index (Phi) is 4.97. The minimum atomic E-state index is -0.536. The van der Waals surface area contributed by atoms with Gasteiger partial charge in [-0.15, -0.1) is 0 Å². The van der Waals surface area contributed by atoms with Crippen LogP contribution in [-0.2, 0) is 14.3 Å². The highest BCUT2D eigenvalue weighted by Gasteiger charge is 2.35. The van der Waals surface area contributed by atoms with Crippen LogP contribution in [0.4, 0.5) is 15.8 Å². The maximum Gasteiger partial charge on any atom is 0.337 e. The number of amides is 2. The number of nitrogens with one attached hydrogen (secondary N) is 1. The highest BCUT2D eigenvalue weighted by Crippen LogP contribution is 2.26. The molecular formula is C19H17FN2O4. The number of benzene rings is 2. The van der Waals surface area contributed by atoms with E-state index in [0.29, 0.717) is 16.9 Å². The number of hydrogen-bond acceptors (Lipinski definition) is 4. The number of halogens is 1. The summed E-state index contributed by atoms with van der Waals surface area (Å²) in [5.74, 6) is -1.96. The lowest BCUT2D eigenvalue weighted by atomic mass is 10.1. The molecule has 1 fully saturated rings. The Morgan fingerprint density at radius 1 is 1.19 bits per heavy atom. The standard InChI is InChI=1S/C19H17FN2O4/c1-26-19(25)12-5-7-16(8-6-12)22-11-13(9-17(22)23)18(24)21-15-4-2-3-14(20)10-15/h2-8,10,13H,9,11H2,1H3,(H,21,24). The molecule has 1 aliphatic rings. The van der Waals surface area contributed by atoms with Gasteiger partial charge in [0.1, 0.15) is 5.82 Å². The molecule has 1 unspecified atom stereocenters. The molecule has 0 bridgehead atoms. The third kappa shape index (κ3) is 3.72. The molecule has 3 rings (SSSR count). The lowest BCUT2D eigenvalue weighted by Gasteiger charge is -2.17. The summed E-state index contributed by atoms with van der Waals surface area (Å²) in [5.41, 5.74) is 1.33. The molecule has 0 saturated carbocycles. The molecule has 1 aliphatic heterocycles. The van der Waals surface area contributed by atoms with Crippen molar-refractivity contribution in [1.29, 1.82) is 0 Å². The van der Waals surface area contributed by atoms with Crippen LogP contribution >= 0.6 is 0 Å². The van der Waals surface area contributed by atoms with Gasteiger partial charge in [0.2, 0.25) is 11.8 Å². The van der Waals surface area contributed by atoms with Gasteiger partial charge in [0.05, 0.1) is 18.6 Å². The van der Waals surface area contributed by atoms with E-state index >= 15 is 0 Å². The lowest BCUT2D eigenvalue weighted by Crippen LogP contribution is -2.28. The second-order valence-electron chi connectivity index (χ2n) is 5.94. The van der Waals surface area contributed by atoms with Gasteiger partial charge in [-0.1, -0.05) is 6.07 Å². The molecular weight excluding hydrogens is 339 g/mol. The summed E-state index contributed by atoms with van der Waals surface area (Å²) in [4.78, 5) is 37.6. The zero-order chi connectivity index (χ0) is 18.7. The highest BCUT2D eigenvalue weighted by atomic mass is 19.1. The first-order valence-corrected chi connectivity index (χ1v) is 8.03. The average Bonchev–Trinajstić information content (AvgIpc) is 3.03. The maximum absolute atomic E-state index is 13.2.